The van der Waals surface area contributed by atoms with E-state index in [0.717, 1.165) is 24.1 Å². The van der Waals surface area contributed by atoms with E-state index in [-0.39, 0.29) is 11.3 Å². The molecular formula is C18H23N4O+. The molecule has 1 unspecified atom stereocenters. The van der Waals surface area contributed by atoms with Crippen LogP contribution in [0.1, 0.15) is 25.6 Å². The van der Waals surface area contributed by atoms with Crippen LogP contribution in [0.2, 0.25) is 0 Å². The lowest BCUT2D eigenvalue weighted by Gasteiger charge is -2.27. The van der Waals surface area contributed by atoms with Crippen LogP contribution in [0.3, 0.4) is 0 Å². The van der Waals surface area contributed by atoms with Gasteiger partial charge in [-0.3, -0.25) is 0 Å². The molecule has 1 saturated heterocycles. The molecule has 1 aromatic carbocycles. The van der Waals surface area contributed by atoms with Gasteiger partial charge in [0, 0.05) is 13.0 Å². The Bertz CT molecular complexity index is 784. The van der Waals surface area contributed by atoms with E-state index in [1.807, 2.05) is 35.9 Å². The van der Waals surface area contributed by atoms with Gasteiger partial charge in [0.1, 0.15) is 18.2 Å². The van der Waals surface area contributed by atoms with Crippen molar-refractivity contribution in [3.8, 4) is 6.07 Å². The number of nitrogens with zero attached hydrogens (tertiary/aromatic N) is 3. The number of imidazole rings is 1. The highest BCUT2D eigenvalue weighted by Gasteiger charge is 2.23. The van der Waals surface area contributed by atoms with Crippen molar-refractivity contribution in [3.05, 3.63) is 35.8 Å². The molecule has 23 heavy (non-hydrogen) atoms. The van der Waals surface area contributed by atoms with Crippen molar-refractivity contribution in [2.24, 2.45) is 13.0 Å². The van der Waals surface area contributed by atoms with Crippen molar-refractivity contribution in [1.29, 1.82) is 5.26 Å². The highest BCUT2D eigenvalue weighted by atomic mass is 16.3. The van der Waals surface area contributed by atoms with Gasteiger partial charge in [0.15, 0.2) is 11.6 Å². The minimum absolute atomic E-state index is 0.148. The largest absolute Gasteiger partial charge is 0.506 e. The van der Waals surface area contributed by atoms with Crippen molar-refractivity contribution < 1.29 is 10.0 Å². The summed E-state index contributed by atoms with van der Waals surface area (Å²) in [6.45, 7) is 4.84. The number of allylic oxidation sites excluding steroid dienone is 1. The molecule has 1 aromatic heterocycles. The number of rotatable bonds is 3. The molecule has 1 aliphatic heterocycles. The van der Waals surface area contributed by atoms with Gasteiger partial charge >= 0.3 is 0 Å². The maximum Gasteiger partial charge on any atom is 0.169 e. The van der Waals surface area contributed by atoms with E-state index >= 15 is 0 Å². The molecule has 5 heteroatoms. The van der Waals surface area contributed by atoms with Crippen LogP contribution in [0, 0.1) is 17.2 Å². The SMILES string of the molecule is C[C@H]1CCC[NH+](C/C(O)=C(\C#N)c2nc3ccccc3n2C)C1. The third kappa shape index (κ3) is 3.08. The van der Waals surface area contributed by atoms with Gasteiger partial charge in [-0.1, -0.05) is 19.1 Å². The molecule has 0 saturated carbocycles. The van der Waals surface area contributed by atoms with Gasteiger partial charge in [-0.05, 0) is 25.0 Å². The fraction of sp³-hybridized carbons (Fsp3) is 0.444. The highest BCUT2D eigenvalue weighted by Crippen LogP contribution is 2.21. The van der Waals surface area contributed by atoms with E-state index in [4.69, 9.17) is 0 Å². The Balaban J connectivity index is 1.93. The van der Waals surface area contributed by atoms with E-state index in [0.29, 0.717) is 18.3 Å². The van der Waals surface area contributed by atoms with Crippen LogP contribution < -0.4 is 4.90 Å². The first-order chi connectivity index (χ1) is 11.1. The van der Waals surface area contributed by atoms with Gasteiger partial charge in [0.2, 0.25) is 0 Å². The van der Waals surface area contributed by atoms with Crippen LogP contribution >= 0.6 is 0 Å². The first-order valence-corrected chi connectivity index (χ1v) is 8.17. The zero-order chi connectivity index (χ0) is 16.4. The minimum Gasteiger partial charge on any atom is -0.506 e. The summed E-state index contributed by atoms with van der Waals surface area (Å²) >= 11 is 0. The molecule has 2 heterocycles. The average Bonchev–Trinajstić information content (AvgIpc) is 2.86. The summed E-state index contributed by atoms with van der Waals surface area (Å²) in [6.07, 6.45) is 2.43. The molecule has 1 aliphatic rings. The van der Waals surface area contributed by atoms with Crippen molar-refractivity contribution in [3.63, 3.8) is 0 Å². The Hall–Kier alpha value is -2.32. The van der Waals surface area contributed by atoms with E-state index in [1.54, 1.807) is 0 Å². The third-order valence-corrected chi connectivity index (χ3v) is 4.69. The van der Waals surface area contributed by atoms with Crippen molar-refractivity contribution in [1.82, 2.24) is 9.55 Å². The van der Waals surface area contributed by atoms with Gasteiger partial charge in [0.25, 0.3) is 0 Å². The normalized spacial score (nSPS) is 22.7. The Morgan fingerprint density at radius 1 is 1.48 bits per heavy atom. The molecule has 5 nitrogen and oxygen atoms in total. The standard InChI is InChI=1S/C18H22N4O/c1-13-6-5-9-22(11-13)12-17(23)14(10-19)18-20-15-7-3-4-8-16(15)21(18)2/h3-4,7-8,13,23H,5-6,9,11-12H2,1-2H3/p+1/b17-14-/t13-/m0/s1. The summed E-state index contributed by atoms with van der Waals surface area (Å²) in [5, 5.41) is 20.1. The fourth-order valence-corrected chi connectivity index (χ4v) is 3.50. The number of piperidine rings is 1. The lowest BCUT2D eigenvalue weighted by Crippen LogP contribution is -3.13. The molecular weight excluding hydrogens is 288 g/mol. The van der Waals surface area contributed by atoms with E-state index in [1.165, 1.54) is 17.7 Å². The second-order valence-electron chi connectivity index (χ2n) is 6.54. The van der Waals surface area contributed by atoms with Crippen molar-refractivity contribution in [2.75, 3.05) is 19.6 Å². The lowest BCUT2D eigenvalue weighted by atomic mass is 10.00. The second-order valence-corrected chi connectivity index (χ2v) is 6.54. The van der Waals surface area contributed by atoms with Gasteiger partial charge in [0.05, 0.1) is 24.1 Å². The highest BCUT2D eigenvalue weighted by molar-refractivity contribution is 5.83. The first kappa shape index (κ1) is 15.6. The molecule has 0 amide bonds. The average molecular weight is 311 g/mol. The van der Waals surface area contributed by atoms with Crippen molar-refractivity contribution in [2.45, 2.75) is 19.8 Å². The summed E-state index contributed by atoms with van der Waals surface area (Å²) < 4.78 is 1.87. The summed E-state index contributed by atoms with van der Waals surface area (Å²) in [5.74, 6) is 1.36. The van der Waals surface area contributed by atoms with Crippen LogP contribution in [0.25, 0.3) is 16.6 Å². The number of aliphatic hydroxyl groups is 1. The maximum absolute atomic E-state index is 10.5. The number of aromatic nitrogens is 2. The molecule has 2 N–H and O–H groups in total. The Labute approximate surface area is 136 Å². The van der Waals surface area contributed by atoms with Gasteiger partial charge in [-0.15, -0.1) is 0 Å². The summed E-state index contributed by atoms with van der Waals surface area (Å²) in [4.78, 5) is 5.87. The third-order valence-electron chi connectivity index (χ3n) is 4.69. The predicted octanol–water partition coefficient (Wildman–Crippen LogP) is 1.68. The fourth-order valence-electron chi connectivity index (χ4n) is 3.50. The number of fused-ring (bicyclic) bond motifs is 1. The number of benzene rings is 1. The molecule has 3 rings (SSSR count). The van der Waals surface area contributed by atoms with Gasteiger partial charge in [-0.25, -0.2) is 4.98 Å². The number of aryl methyl sites for hydroxylation is 1. The van der Waals surface area contributed by atoms with Crippen LogP contribution in [0.4, 0.5) is 0 Å². The maximum atomic E-state index is 10.5. The monoisotopic (exact) mass is 311 g/mol. The molecule has 2 atom stereocenters. The van der Waals surface area contributed by atoms with Crippen LogP contribution in [-0.4, -0.2) is 34.3 Å². The van der Waals surface area contributed by atoms with E-state index < -0.39 is 0 Å². The number of hydrogen-bond acceptors (Lipinski definition) is 3. The molecule has 120 valence electrons. The van der Waals surface area contributed by atoms with Crippen molar-refractivity contribution >= 4 is 16.6 Å². The summed E-state index contributed by atoms with van der Waals surface area (Å²) in [7, 11) is 1.88. The number of hydrogen-bond donors (Lipinski definition) is 2. The molecule has 0 aliphatic carbocycles. The van der Waals surface area contributed by atoms with Crippen LogP contribution in [0.15, 0.2) is 30.0 Å². The molecule has 0 spiro atoms. The number of para-hydroxylation sites is 2. The molecule has 0 bridgehead atoms. The number of quaternary nitrogens is 1. The molecule has 0 radical (unpaired) electrons. The van der Waals surface area contributed by atoms with E-state index in [9.17, 15) is 10.4 Å². The number of aliphatic hydroxyl groups excluding tert-OH is 1. The zero-order valence-corrected chi connectivity index (χ0v) is 13.7. The zero-order valence-electron chi connectivity index (χ0n) is 13.7. The Morgan fingerprint density at radius 2 is 2.26 bits per heavy atom. The molecule has 1 fully saturated rings. The Kier molecular flexibility index (Phi) is 4.35. The lowest BCUT2D eigenvalue weighted by molar-refractivity contribution is -0.905. The summed E-state index contributed by atoms with van der Waals surface area (Å²) in [6, 6.07) is 9.91. The Morgan fingerprint density at radius 3 is 2.96 bits per heavy atom. The van der Waals surface area contributed by atoms with Crippen LogP contribution in [0.5, 0.6) is 0 Å². The number of likely N-dealkylation sites (tertiary alicyclic amines) is 1. The van der Waals surface area contributed by atoms with Crippen LogP contribution in [-0.2, 0) is 7.05 Å². The first-order valence-electron chi connectivity index (χ1n) is 8.17. The quantitative estimate of drug-likeness (QED) is 0.669. The molecule has 2 aromatic rings. The van der Waals surface area contributed by atoms with E-state index in [2.05, 4.69) is 18.0 Å². The van der Waals surface area contributed by atoms with Gasteiger partial charge < -0.3 is 14.6 Å². The number of nitriles is 1. The second kappa shape index (κ2) is 6.43. The smallest absolute Gasteiger partial charge is 0.169 e. The minimum atomic E-state index is 0.148. The summed E-state index contributed by atoms with van der Waals surface area (Å²) in [5.41, 5.74) is 2.08. The van der Waals surface area contributed by atoms with Gasteiger partial charge in [-0.2, -0.15) is 5.26 Å². The number of nitrogens with one attached hydrogen (secondary N) is 1. The predicted molar refractivity (Wildman–Crippen MR) is 89.8 cm³/mol. The topological polar surface area (TPSA) is 66.3 Å².